The van der Waals surface area contributed by atoms with E-state index in [-0.39, 0.29) is 17.9 Å². The first-order valence-electron chi connectivity index (χ1n) is 17.7. The second-order valence-electron chi connectivity index (χ2n) is 16.1. The molecule has 4 saturated carbocycles. The van der Waals surface area contributed by atoms with Gasteiger partial charge in [-0.2, -0.15) is 0 Å². The van der Waals surface area contributed by atoms with Gasteiger partial charge < -0.3 is 14.2 Å². The van der Waals surface area contributed by atoms with Crippen molar-refractivity contribution < 1.29 is 19.0 Å². The molecule has 1 spiro atoms. The monoisotopic (exact) mass is 556 g/mol. The highest BCUT2D eigenvalue weighted by atomic mass is 16.7. The fraction of sp³-hybridized carbons (Fsp3) is 0.972. The standard InChI is InChI=1S/C36H60O4/c1-6-7-8-9-10-11-12-32(37)39-27-16-18-34(4)26(21-27)13-14-28-29(34)17-19-35(5)30(28)22-31-33(35)25(3)36(40-31)20-15-24(2)23-38-36/h24-31,33H,6-23H2,1-5H3/t24?,25?,26?,27-,28?,29?,30?,31?,33?,34?,35?,36?/m1/s1. The van der Waals surface area contributed by atoms with Crippen molar-refractivity contribution in [2.45, 2.75) is 162 Å². The van der Waals surface area contributed by atoms with E-state index in [2.05, 4.69) is 34.6 Å². The molecule has 4 heteroatoms. The summed E-state index contributed by atoms with van der Waals surface area (Å²) in [5.41, 5.74) is 0.814. The summed E-state index contributed by atoms with van der Waals surface area (Å²) in [7, 11) is 0. The van der Waals surface area contributed by atoms with Gasteiger partial charge in [0.15, 0.2) is 5.79 Å². The lowest BCUT2D eigenvalue weighted by atomic mass is 9.44. The van der Waals surface area contributed by atoms with E-state index in [0.717, 1.165) is 56.0 Å². The van der Waals surface area contributed by atoms with Crippen molar-refractivity contribution in [1.82, 2.24) is 0 Å². The third-order valence-corrected chi connectivity index (χ3v) is 13.9. The second-order valence-corrected chi connectivity index (χ2v) is 16.1. The maximum absolute atomic E-state index is 12.6. The fourth-order valence-electron chi connectivity index (χ4n) is 11.6. The minimum Gasteiger partial charge on any atom is -0.462 e. The second kappa shape index (κ2) is 11.5. The number of hydrogen-bond donors (Lipinski definition) is 0. The molecular formula is C36H60O4. The Balaban J connectivity index is 1.05. The molecule has 2 heterocycles. The highest BCUT2D eigenvalue weighted by molar-refractivity contribution is 5.69. The molecule has 2 saturated heterocycles. The molecule has 0 aromatic heterocycles. The van der Waals surface area contributed by atoms with E-state index in [1.807, 2.05) is 0 Å². The quantitative estimate of drug-likeness (QED) is 0.221. The van der Waals surface area contributed by atoms with E-state index < -0.39 is 0 Å². The SMILES string of the molecule is CCCCCCCCC(=O)O[C@@H]1CCC2(C)C(CCC3C2CCC2(C)C3CC3OC4(CCC(C)CO4)C(C)C32)C1. The molecule has 0 aromatic rings. The van der Waals surface area contributed by atoms with Crippen molar-refractivity contribution in [2.24, 2.45) is 52.3 Å². The smallest absolute Gasteiger partial charge is 0.306 e. The zero-order chi connectivity index (χ0) is 28.1. The van der Waals surface area contributed by atoms with Gasteiger partial charge in [-0.25, -0.2) is 0 Å². The van der Waals surface area contributed by atoms with Crippen LogP contribution >= 0.6 is 0 Å². The van der Waals surface area contributed by atoms with Crippen molar-refractivity contribution in [3.63, 3.8) is 0 Å². The molecule has 6 fully saturated rings. The Kier molecular flexibility index (Phi) is 8.45. The van der Waals surface area contributed by atoms with Crippen molar-refractivity contribution in [3.8, 4) is 0 Å². The van der Waals surface area contributed by atoms with Gasteiger partial charge in [0.05, 0.1) is 12.7 Å². The number of carbonyl (C=O) groups is 1. The zero-order valence-electron chi connectivity index (χ0n) is 26.6. The molecule has 0 bridgehead atoms. The maximum atomic E-state index is 12.6. The number of rotatable bonds is 8. The first kappa shape index (κ1) is 29.5. The summed E-state index contributed by atoms with van der Waals surface area (Å²) in [6.45, 7) is 13.2. The molecular weight excluding hydrogens is 496 g/mol. The Morgan fingerprint density at radius 3 is 2.40 bits per heavy atom. The highest BCUT2D eigenvalue weighted by Crippen LogP contribution is 2.71. The Morgan fingerprint density at radius 2 is 1.62 bits per heavy atom. The van der Waals surface area contributed by atoms with E-state index >= 15 is 0 Å². The maximum Gasteiger partial charge on any atom is 0.306 e. The molecule has 228 valence electrons. The van der Waals surface area contributed by atoms with Gasteiger partial charge in [0.1, 0.15) is 6.10 Å². The van der Waals surface area contributed by atoms with Crippen molar-refractivity contribution in [3.05, 3.63) is 0 Å². The van der Waals surface area contributed by atoms with E-state index in [1.54, 1.807) is 0 Å². The van der Waals surface area contributed by atoms with Crippen molar-refractivity contribution >= 4 is 5.97 Å². The van der Waals surface area contributed by atoms with Crippen molar-refractivity contribution in [2.75, 3.05) is 6.61 Å². The normalized spacial score (nSPS) is 49.7. The summed E-state index contributed by atoms with van der Waals surface area (Å²) < 4.78 is 19.6. The Hall–Kier alpha value is -0.610. The lowest BCUT2D eigenvalue weighted by Crippen LogP contribution is -2.55. The average molecular weight is 557 g/mol. The minimum absolute atomic E-state index is 0.0620. The summed E-state index contributed by atoms with van der Waals surface area (Å²) in [5, 5.41) is 0. The molecule has 0 amide bonds. The van der Waals surface area contributed by atoms with Crippen LogP contribution in [0.25, 0.3) is 0 Å². The number of fused-ring (bicyclic) bond motifs is 7. The van der Waals surface area contributed by atoms with Gasteiger partial charge in [0.2, 0.25) is 0 Å². The number of unbranched alkanes of at least 4 members (excludes halogenated alkanes) is 5. The summed E-state index contributed by atoms with van der Waals surface area (Å²) in [4.78, 5) is 12.6. The van der Waals surface area contributed by atoms with Crippen LogP contribution < -0.4 is 0 Å². The molecule has 12 atom stereocenters. The Bertz CT molecular complexity index is 893. The van der Waals surface area contributed by atoms with Crippen LogP contribution in [0.3, 0.4) is 0 Å². The highest BCUT2D eigenvalue weighted by Gasteiger charge is 2.69. The molecule has 0 N–H and O–H groups in total. The van der Waals surface area contributed by atoms with Gasteiger partial charge in [0, 0.05) is 18.8 Å². The third-order valence-electron chi connectivity index (χ3n) is 13.9. The van der Waals surface area contributed by atoms with Crippen LogP contribution in [0.5, 0.6) is 0 Å². The summed E-state index contributed by atoms with van der Waals surface area (Å²) >= 11 is 0. The van der Waals surface area contributed by atoms with Crippen LogP contribution in [0.2, 0.25) is 0 Å². The minimum atomic E-state index is -0.304. The number of esters is 1. The summed E-state index contributed by atoms with van der Waals surface area (Å²) in [5.74, 6) is 4.77. The molecule has 4 nitrogen and oxygen atoms in total. The van der Waals surface area contributed by atoms with Gasteiger partial charge in [-0.3, -0.25) is 4.79 Å². The van der Waals surface area contributed by atoms with Gasteiger partial charge in [-0.05, 0) is 111 Å². The van der Waals surface area contributed by atoms with Gasteiger partial charge in [0.25, 0.3) is 0 Å². The van der Waals surface area contributed by atoms with Gasteiger partial charge in [-0.15, -0.1) is 0 Å². The zero-order valence-corrected chi connectivity index (χ0v) is 26.6. The van der Waals surface area contributed by atoms with Crippen LogP contribution in [0.1, 0.15) is 144 Å². The molecule has 40 heavy (non-hydrogen) atoms. The first-order chi connectivity index (χ1) is 19.2. The predicted molar refractivity (Wildman–Crippen MR) is 160 cm³/mol. The predicted octanol–water partition coefficient (Wildman–Crippen LogP) is 9.10. The number of ether oxygens (including phenoxy) is 3. The van der Waals surface area contributed by atoms with Crippen LogP contribution in [-0.4, -0.2) is 30.6 Å². The van der Waals surface area contributed by atoms with Crippen LogP contribution in [0.4, 0.5) is 0 Å². The Labute approximate surface area is 245 Å². The Morgan fingerprint density at radius 1 is 0.850 bits per heavy atom. The van der Waals surface area contributed by atoms with E-state index in [1.165, 1.54) is 77.0 Å². The summed E-state index contributed by atoms with van der Waals surface area (Å²) in [6, 6.07) is 0. The lowest BCUT2D eigenvalue weighted by molar-refractivity contribution is -0.273. The molecule has 6 aliphatic rings. The molecule has 6 rings (SSSR count). The summed E-state index contributed by atoms with van der Waals surface area (Å²) in [6.07, 6.45) is 20.9. The fourth-order valence-corrected chi connectivity index (χ4v) is 11.6. The largest absolute Gasteiger partial charge is 0.462 e. The number of carbonyl (C=O) groups excluding carboxylic acids is 1. The topological polar surface area (TPSA) is 44.8 Å². The van der Waals surface area contributed by atoms with Gasteiger partial charge >= 0.3 is 5.97 Å². The molecule has 0 aromatic carbocycles. The average Bonchev–Trinajstić information content (AvgIpc) is 3.38. The molecule has 4 aliphatic carbocycles. The van der Waals surface area contributed by atoms with Crippen LogP contribution in [0, 0.1) is 52.3 Å². The van der Waals surface area contributed by atoms with Crippen molar-refractivity contribution in [1.29, 1.82) is 0 Å². The van der Waals surface area contributed by atoms with E-state index in [4.69, 9.17) is 14.2 Å². The molecule has 11 unspecified atom stereocenters. The molecule has 0 radical (unpaired) electrons. The van der Waals surface area contributed by atoms with E-state index in [9.17, 15) is 4.79 Å². The molecule has 2 aliphatic heterocycles. The number of hydrogen-bond acceptors (Lipinski definition) is 4. The first-order valence-corrected chi connectivity index (χ1v) is 17.7. The lowest BCUT2D eigenvalue weighted by Gasteiger charge is -2.61. The van der Waals surface area contributed by atoms with Crippen LogP contribution in [-0.2, 0) is 19.0 Å². The van der Waals surface area contributed by atoms with E-state index in [0.29, 0.717) is 41.1 Å². The van der Waals surface area contributed by atoms with Gasteiger partial charge in [-0.1, -0.05) is 66.7 Å². The third kappa shape index (κ3) is 5.01. The van der Waals surface area contributed by atoms with Crippen LogP contribution in [0.15, 0.2) is 0 Å².